The molecule has 0 atom stereocenters. The summed E-state index contributed by atoms with van der Waals surface area (Å²) >= 11 is 2.93. The molecule has 0 saturated carbocycles. The van der Waals surface area contributed by atoms with Crippen molar-refractivity contribution in [3.05, 3.63) is 77.1 Å². The monoisotopic (exact) mass is 460 g/mol. The van der Waals surface area contributed by atoms with Gasteiger partial charge in [0.15, 0.2) is 5.13 Å². The number of carbonyl (C=O) groups excluding carboxylic acids is 1. The van der Waals surface area contributed by atoms with Gasteiger partial charge in [-0.2, -0.15) is 0 Å². The van der Waals surface area contributed by atoms with Crippen LogP contribution in [-0.4, -0.2) is 20.3 Å². The van der Waals surface area contributed by atoms with Crippen LogP contribution in [0.4, 0.5) is 21.5 Å². The van der Waals surface area contributed by atoms with Crippen LogP contribution in [0.25, 0.3) is 16.2 Å². The molecule has 0 saturated heterocycles. The molecule has 1 aromatic carbocycles. The van der Waals surface area contributed by atoms with Crippen LogP contribution in [0.15, 0.2) is 60.8 Å². The first kappa shape index (κ1) is 20.2. The molecule has 32 heavy (non-hydrogen) atoms. The summed E-state index contributed by atoms with van der Waals surface area (Å²) in [4.78, 5) is 23.6. The van der Waals surface area contributed by atoms with E-state index in [-0.39, 0.29) is 5.91 Å². The quantitative estimate of drug-likeness (QED) is 0.292. The number of imidazole rings is 1. The number of anilines is 4. The number of hydrogen-bond acceptors (Lipinski definition) is 7. The number of aromatic nitrogens is 3. The number of amides is 1. The Kier molecular flexibility index (Phi) is 5.12. The lowest BCUT2D eigenvalue weighted by Crippen LogP contribution is -2.11. The van der Waals surface area contributed by atoms with Crippen molar-refractivity contribution in [2.75, 3.05) is 16.4 Å². The zero-order valence-corrected chi connectivity index (χ0v) is 19.1. The van der Waals surface area contributed by atoms with Gasteiger partial charge in [-0.3, -0.25) is 9.20 Å². The molecule has 5 aromatic rings. The molecule has 4 heterocycles. The molecule has 0 aliphatic rings. The summed E-state index contributed by atoms with van der Waals surface area (Å²) in [5, 5.41) is 7.80. The van der Waals surface area contributed by atoms with Gasteiger partial charge in [0.05, 0.1) is 43.2 Å². The SMILES string of the molecule is Cc1nc(Nc2ccc(C(=O)Nc3ccccc3N)s2)sc1-c1c(C)nc2ccccn12. The Morgan fingerprint density at radius 1 is 0.969 bits per heavy atom. The number of aryl methyl sites for hydroxylation is 2. The molecule has 0 radical (unpaired) electrons. The van der Waals surface area contributed by atoms with Gasteiger partial charge in [0.1, 0.15) is 5.65 Å². The Morgan fingerprint density at radius 3 is 2.62 bits per heavy atom. The van der Waals surface area contributed by atoms with Gasteiger partial charge in [-0.05, 0) is 50.2 Å². The Bertz CT molecular complexity index is 1450. The third-order valence-corrected chi connectivity index (χ3v) is 7.06. The first-order valence-electron chi connectivity index (χ1n) is 9.94. The normalized spacial score (nSPS) is 11.1. The first-order chi connectivity index (χ1) is 15.5. The van der Waals surface area contributed by atoms with Crippen molar-refractivity contribution >= 4 is 55.7 Å². The minimum Gasteiger partial charge on any atom is -0.397 e. The number of pyridine rings is 1. The minimum absolute atomic E-state index is 0.196. The highest BCUT2D eigenvalue weighted by Gasteiger charge is 2.18. The van der Waals surface area contributed by atoms with Crippen LogP contribution in [0.1, 0.15) is 21.1 Å². The Morgan fingerprint density at radius 2 is 1.78 bits per heavy atom. The summed E-state index contributed by atoms with van der Waals surface area (Å²) < 4.78 is 2.09. The molecule has 9 heteroatoms. The van der Waals surface area contributed by atoms with E-state index in [1.54, 1.807) is 29.5 Å². The molecule has 5 rings (SSSR count). The molecule has 7 nitrogen and oxygen atoms in total. The predicted octanol–water partition coefficient (Wildman–Crippen LogP) is 5.71. The van der Waals surface area contributed by atoms with Crippen molar-refractivity contribution in [1.29, 1.82) is 0 Å². The number of rotatable bonds is 5. The number of thiazole rings is 1. The number of nitrogens with two attached hydrogens (primary N) is 1. The van der Waals surface area contributed by atoms with Crippen molar-refractivity contribution in [2.45, 2.75) is 13.8 Å². The van der Waals surface area contributed by atoms with E-state index in [1.165, 1.54) is 11.3 Å². The van der Waals surface area contributed by atoms with Gasteiger partial charge in [-0.1, -0.05) is 29.5 Å². The van der Waals surface area contributed by atoms with Gasteiger partial charge >= 0.3 is 0 Å². The van der Waals surface area contributed by atoms with E-state index in [1.807, 2.05) is 56.4 Å². The smallest absolute Gasteiger partial charge is 0.265 e. The zero-order chi connectivity index (χ0) is 22.2. The summed E-state index contributed by atoms with van der Waals surface area (Å²) in [6.45, 7) is 4.01. The summed E-state index contributed by atoms with van der Waals surface area (Å²) in [6, 6.07) is 16.8. The van der Waals surface area contributed by atoms with Crippen molar-refractivity contribution in [3.8, 4) is 10.6 Å². The molecule has 0 unspecified atom stereocenters. The van der Waals surface area contributed by atoms with E-state index in [4.69, 9.17) is 10.7 Å². The topological polar surface area (TPSA) is 97.3 Å². The Hall–Kier alpha value is -3.69. The second kappa shape index (κ2) is 8.10. The van der Waals surface area contributed by atoms with E-state index in [0.717, 1.165) is 37.7 Å². The van der Waals surface area contributed by atoms with Crippen LogP contribution < -0.4 is 16.4 Å². The maximum absolute atomic E-state index is 12.6. The molecule has 0 aliphatic heterocycles. The van der Waals surface area contributed by atoms with Crippen molar-refractivity contribution < 1.29 is 4.79 Å². The third-order valence-electron chi connectivity index (χ3n) is 4.98. The lowest BCUT2D eigenvalue weighted by Gasteiger charge is -2.06. The fourth-order valence-electron chi connectivity index (χ4n) is 3.48. The number of para-hydroxylation sites is 2. The molecular formula is C23H20N6OS2. The average Bonchev–Trinajstić information content (AvgIpc) is 3.46. The average molecular weight is 461 g/mol. The predicted molar refractivity (Wildman–Crippen MR) is 132 cm³/mol. The number of nitrogen functional groups attached to an aromatic ring is 1. The Balaban J connectivity index is 1.37. The van der Waals surface area contributed by atoms with Gasteiger partial charge in [-0.25, -0.2) is 9.97 Å². The van der Waals surface area contributed by atoms with Crippen LogP contribution in [0, 0.1) is 13.8 Å². The number of nitrogens with one attached hydrogen (secondary N) is 2. The van der Waals surface area contributed by atoms with E-state index in [0.29, 0.717) is 16.3 Å². The fraction of sp³-hybridized carbons (Fsp3) is 0.0870. The maximum atomic E-state index is 12.6. The summed E-state index contributed by atoms with van der Waals surface area (Å²) in [7, 11) is 0. The summed E-state index contributed by atoms with van der Waals surface area (Å²) in [5.41, 5.74) is 10.9. The van der Waals surface area contributed by atoms with Gasteiger partial charge < -0.3 is 16.4 Å². The molecule has 0 bridgehead atoms. The molecule has 0 fully saturated rings. The number of thiophene rings is 1. The number of fused-ring (bicyclic) bond motifs is 1. The molecule has 4 N–H and O–H groups in total. The second-order valence-electron chi connectivity index (χ2n) is 7.24. The Labute approximate surface area is 192 Å². The summed E-state index contributed by atoms with van der Waals surface area (Å²) in [6.07, 6.45) is 2.01. The molecular weight excluding hydrogens is 440 g/mol. The highest BCUT2D eigenvalue weighted by molar-refractivity contribution is 7.20. The lowest BCUT2D eigenvalue weighted by molar-refractivity contribution is 0.103. The third kappa shape index (κ3) is 3.72. The molecule has 1 amide bonds. The highest BCUT2D eigenvalue weighted by Crippen LogP contribution is 2.37. The number of benzene rings is 1. The number of hydrogen-bond donors (Lipinski definition) is 3. The first-order valence-corrected chi connectivity index (χ1v) is 11.6. The second-order valence-corrected chi connectivity index (χ2v) is 9.32. The van der Waals surface area contributed by atoms with Crippen LogP contribution >= 0.6 is 22.7 Å². The van der Waals surface area contributed by atoms with E-state index in [9.17, 15) is 4.79 Å². The highest BCUT2D eigenvalue weighted by atomic mass is 32.1. The lowest BCUT2D eigenvalue weighted by atomic mass is 10.2. The van der Waals surface area contributed by atoms with Gasteiger partial charge in [-0.15, -0.1) is 11.3 Å². The largest absolute Gasteiger partial charge is 0.397 e. The molecule has 160 valence electrons. The van der Waals surface area contributed by atoms with Crippen molar-refractivity contribution in [2.24, 2.45) is 0 Å². The minimum atomic E-state index is -0.196. The number of nitrogens with zero attached hydrogens (tertiary/aromatic N) is 3. The van der Waals surface area contributed by atoms with Gasteiger partial charge in [0.25, 0.3) is 5.91 Å². The zero-order valence-electron chi connectivity index (χ0n) is 17.4. The van der Waals surface area contributed by atoms with Crippen LogP contribution in [-0.2, 0) is 0 Å². The van der Waals surface area contributed by atoms with E-state index in [2.05, 4.69) is 20.0 Å². The molecule has 0 spiro atoms. The van der Waals surface area contributed by atoms with Gasteiger partial charge in [0.2, 0.25) is 0 Å². The summed E-state index contributed by atoms with van der Waals surface area (Å²) in [5.74, 6) is -0.196. The molecule has 0 aliphatic carbocycles. The fourth-order valence-corrected chi connectivity index (χ4v) is 5.42. The van der Waals surface area contributed by atoms with E-state index >= 15 is 0 Å². The van der Waals surface area contributed by atoms with Crippen molar-refractivity contribution in [1.82, 2.24) is 14.4 Å². The van der Waals surface area contributed by atoms with E-state index < -0.39 is 0 Å². The van der Waals surface area contributed by atoms with Crippen LogP contribution in [0.2, 0.25) is 0 Å². The molecule has 4 aromatic heterocycles. The maximum Gasteiger partial charge on any atom is 0.265 e. The van der Waals surface area contributed by atoms with Crippen LogP contribution in [0.5, 0.6) is 0 Å². The number of carbonyl (C=O) groups is 1. The van der Waals surface area contributed by atoms with Crippen LogP contribution in [0.3, 0.4) is 0 Å². The van der Waals surface area contributed by atoms with Gasteiger partial charge in [0, 0.05) is 6.20 Å². The van der Waals surface area contributed by atoms with Crippen molar-refractivity contribution in [3.63, 3.8) is 0 Å². The standard InChI is InChI=1S/C23H20N6OS2/c1-13-20(29-12-6-5-9-18(29)25-13)21-14(2)26-23(32-21)28-19-11-10-17(31-19)22(30)27-16-8-4-3-7-15(16)24/h3-12H,24H2,1-2H3,(H,26,28)(H,27,30).